The fraction of sp³-hybridized carbons (Fsp3) is 0.438. The normalized spacial score (nSPS) is 19.0. The summed E-state index contributed by atoms with van der Waals surface area (Å²) in [5.74, 6) is 0.472. The van der Waals surface area contributed by atoms with Crippen molar-refractivity contribution in [3.63, 3.8) is 0 Å². The maximum atomic E-state index is 12.4. The third-order valence-electron chi connectivity index (χ3n) is 3.77. The molecule has 0 radical (unpaired) electrons. The Hall–Kier alpha value is -1.37. The Balaban J connectivity index is 1.64. The number of rotatable bonds is 5. The van der Waals surface area contributed by atoms with Crippen LogP contribution in [-0.2, 0) is 4.79 Å². The van der Waals surface area contributed by atoms with Crippen LogP contribution in [0.25, 0.3) is 0 Å². The number of ether oxygens (including phenoxy) is 1. The van der Waals surface area contributed by atoms with Crippen LogP contribution in [0.1, 0.15) is 36.8 Å². The van der Waals surface area contributed by atoms with Gasteiger partial charge in [0.15, 0.2) is 5.60 Å². The van der Waals surface area contributed by atoms with Crippen molar-refractivity contribution in [3.05, 3.63) is 34.8 Å². The highest BCUT2D eigenvalue weighted by Crippen LogP contribution is 2.59. The molecular weight excluding hydrogens is 369 g/mol. The van der Waals surface area contributed by atoms with Gasteiger partial charge in [-0.2, -0.15) is 0 Å². The van der Waals surface area contributed by atoms with Crippen LogP contribution in [0.4, 0.5) is 5.13 Å². The molecule has 3 rings (SSSR count). The monoisotopic (exact) mass is 385 g/mol. The molecule has 1 heterocycles. The molecule has 1 aromatic heterocycles. The number of halogens is 2. The lowest BCUT2D eigenvalue weighted by atomic mass is 10.1. The third-order valence-corrected chi connectivity index (χ3v) is 5.36. The summed E-state index contributed by atoms with van der Waals surface area (Å²) < 4.78 is 5.18. The topological polar surface area (TPSA) is 64.1 Å². The summed E-state index contributed by atoms with van der Waals surface area (Å²) >= 11 is 13.5. The number of aromatic nitrogens is 2. The number of aryl methyl sites for hydroxylation is 1. The molecule has 8 heteroatoms. The van der Waals surface area contributed by atoms with Gasteiger partial charge in [0.1, 0.15) is 15.1 Å². The number of alkyl halides is 2. The molecule has 0 spiro atoms. The zero-order chi connectivity index (χ0) is 17.5. The Morgan fingerprint density at radius 2 is 1.96 bits per heavy atom. The number of nitrogens with one attached hydrogen (secondary N) is 1. The lowest BCUT2D eigenvalue weighted by molar-refractivity contribution is -0.128. The van der Waals surface area contributed by atoms with Crippen LogP contribution in [0, 0.1) is 6.92 Å². The standard InChI is InChI=1S/C16H17Cl2N3O2S/c1-9-20-21-14(24-9)19-13(22)15(2,3)23-11-6-4-10(5-7-11)12-8-16(12,17)18/h4-7,12H,8H2,1-3H3,(H,19,21,22)/t12-/m0/s1. The SMILES string of the molecule is Cc1nnc(NC(=O)C(C)(C)Oc2ccc([C@@H]3CC3(Cl)Cl)cc2)s1. The molecule has 0 saturated heterocycles. The predicted molar refractivity (Wildman–Crippen MR) is 96.2 cm³/mol. The van der Waals surface area contributed by atoms with Crippen molar-refractivity contribution < 1.29 is 9.53 Å². The number of hydrogen-bond donors (Lipinski definition) is 1. The maximum Gasteiger partial charge on any atom is 0.269 e. The van der Waals surface area contributed by atoms with Gasteiger partial charge >= 0.3 is 0 Å². The lowest BCUT2D eigenvalue weighted by Crippen LogP contribution is -2.42. The van der Waals surface area contributed by atoms with Gasteiger partial charge in [-0.25, -0.2) is 0 Å². The van der Waals surface area contributed by atoms with Gasteiger partial charge in [-0.15, -0.1) is 33.4 Å². The number of anilines is 1. The summed E-state index contributed by atoms with van der Waals surface area (Å²) in [7, 11) is 0. The molecule has 128 valence electrons. The summed E-state index contributed by atoms with van der Waals surface area (Å²) in [5, 5.41) is 11.7. The molecule has 24 heavy (non-hydrogen) atoms. The highest BCUT2D eigenvalue weighted by molar-refractivity contribution is 7.15. The molecule has 1 aliphatic carbocycles. The van der Waals surface area contributed by atoms with Crippen molar-refractivity contribution in [2.45, 2.75) is 43.0 Å². The second-order valence-corrected chi connectivity index (χ2v) is 9.00. The minimum atomic E-state index is -1.05. The maximum absolute atomic E-state index is 12.4. The Morgan fingerprint density at radius 1 is 1.33 bits per heavy atom. The Morgan fingerprint density at radius 3 is 2.46 bits per heavy atom. The largest absolute Gasteiger partial charge is 0.478 e. The quantitative estimate of drug-likeness (QED) is 0.778. The van der Waals surface area contributed by atoms with Gasteiger partial charge in [-0.1, -0.05) is 23.5 Å². The Kier molecular flexibility index (Phi) is 4.49. The number of carbonyl (C=O) groups is 1. The van der Waals surface area contributed by atoms with Gasteiger partial charge in [0.05, 0.1) is 0 Å². The lowest BCUT2D eigenvalue weighted by Gasteiger charge is -2.24. The molecule has 1 fully saturated rings. The molecule has 1 aromatic carbocycles. The van der Waals surface area contributed by atoms with Crippen molar-refractivity contribution in [2.75, 3.05) is 5.32 Å². The van der Waals surface area contributed by atoms with E-state index in [0.717, 1.165) is 17.0 Å². The highest BCUT2D eigenvalue weighted by atomic mass is 35.5. The highest BCUT2D eigenvalue weighted by Gasteiger charge is 2.52. The van der Waals surface area contributed by atoms with Gasteiger partial charge in [-0.05, 0) is 44.9 Å². The van der Waals surface area contributed by atoms with E-state index in [4.69, 9.17) is 27.9 Å². The van der Waals surface area contributed by atoms with E-state index in [1.165, 1.54) is 11.3 Å². The summed E-state index contributed by atoms with van der Waals surface area (Å²) in [6.45, 7) is 5.23. The first-order chi connectivity index (χ1) is 11.2. The fourth-order valence-corrected chi connectivity index (χ4v) is 3.43. The summed E-state index contributed by atoms with van der Waals surface area (Å²) in [6.07, 6.45) is 0.755. The summed E-state index contributed by atoms with van der Waals surface area (Å²) in [6, 6.07) is 7.49. The van der Waals surface area contributed by atoms with E-state index in [-0.39, 0.29) is 11.8 Å². The van der Waals surface area contributed by atoms with E-state index in [9.17, 15) is 4.79 Å². The van der Waals surface area contributed by atoms with E-state index in [1.807, 2.05) is 31.2 Å². The van der Waals surface area contributed by atoms with Crippen molar-refractivity contribution >= 4 is 45.6 Å². The van der Waals surface area contributed by atoms with E-state index in [0.29, 0.717) is 10.9 Å². The molecule has 1 atom stereocenters. The van der Waals surface area contributed by atoms with E-state index in [2.05, 4.69) is 15.5 Å². The van der Waals surface area contributed by atoms with E-state index in [1.54, 1.807) is 13.8 Å². The zero-order valence-electron chi connectivity index (χ0n) is 13.5. The molecular formula is C16H17Cl2N3O2S. The van der Waals surface area contributed by atoms with Crippen LogP contribution < -0.4 is 10.1 Å². The molecule has 1 amide bonds. The Labute approximate surface area is 154 Å². The van der Waals surface area contributed by atoms with Gasteiger partial charge in [0.2, 0.25) is 5.13 Å². The average Bonchev–Trinajstić information content (AvgIpc) is 2.93. The average molecular weight is 386 g/mol. The molecule has 0 unspecified atom stereocenters. The Bertz CT molecular complexity index is 759. The van der Waals surface area contributed by atoms with Crippen molar-refractivity contribution in [3.8, 4) is 5.75 Å². The minimum Gasteiger partial charge on any atom is -0.478 e. The van der Waals surface area contributed by atoms with Crippen molar-refractivity contribution in [1.82, 2.24) is 10.2 Å². The summed E-state index contributed by atoms with van der Waals surface area (Å²) in [5.41, 5.74) is 0.0163. The van der Waals surface area contributed by atoms with Gasteiger partial charge < -0.3 is 4.74 Å². The van der Waals surface area contributed by atoms with Crippen LogP contribution in [0.3, 0.4) is 0 Å². The molecule has 1 saturated carbocycles. The number of nitrogens with zero attached hydrogens (tertiary/aromatic N) is 2. The number of amides is 1. The van der Waals surface area contributed by atoms with Crippen LogP contribution in [0.2, 0.25) is 0 Å². The van der Waals surface area contributed by atoms with Crippen molar-refractivity contribution in [1.29, 1.82) is 0 Å². The number of carbonyl (C=O) groups excluding carboxylic acids is 1. The van der Waals surface area contributed by atoms with Crippen LogP contribution in [-0.4, -0.2) is 26.0 Å². The third kappa shape index (κ3) is 3.82. The molecule has 1 aliphatic rings. The fourth-order valence-electron chi connectivity index (χ4n) is 2.28. The van der Waals surface area contributed by atoms with E-state index >= 15 is 0 Å². The second-order valence-electron chi connectivity index (χ2n) is 6.28. The van der Waals surface area contributed by atoms with Gasteiger partial charge in [0.25, 0.3) is 5.91 Å². The van der Waals surface area contributed by atoms with Crippen LogP contribution in [0.15, 0.2) is 24.3 Å². The molecule has 1 N–H and O–H groups in total. The smallest absolute Gasteiger partial charge is 0.269 e. The van der Waals surface area contributed by atoms with Crippen LogP contribution >= 0.6 is 34.5 Å². The zero-order valence-corrected chi connectivity index (χ0v) is 15.8. The van der Waals surface area contributed by atoms with Crippen LogP contribution in [0.5, 0.6) is 5.75 Å². The molecule has 5 nitrogen and oxygen atoms in total. The first-order valence-corrected chi connectivity index (χ1v) is 9.03. The number of benzene rings is 1. The van der Waals surface area contributed by atoms with Crippen molar-refractivity contribution in [2.24, 2.45) is 0 Å². The molecule has 2 aromatic rings. The predicted octanol–water partition coefficient (Wildman–Crippen LogP) is 4.30. The van der Waals surface area contributed by atoms with Gasteiger partial charge in [-0.3, -0.25) is 10.1 Å². The number of hydrogen-bond acceptors (Lipinski definition) is 5. The summed E-state index contributed by atoms with van der Waals surface area (Å²) in [4.78, 5) is 12.4. The first-order valence-electron chi connectivity index (χ1n) is 7.46. The second kappa shape index (κ2) is 6.17. The first kappa shape index (κ1) is 17.5. The van der Waals surface area contributed by atoms with E-state index < -0.39 is 9.93 Å². The van der Waals surface area contributed by atoms with Gasteiger partial charge in [0, 0.05) is 5.92 Å². The molecule has 0 aliphatic heterocycles. The molecule has 0 bridgehead atoms. The minimum absolute atomic E-state index is 0.159.